The van der Waals surface area contributed by atoms with Gasteiger partial charge in [-0.15, -0.1) is 0 Å². The fourth-order valence-electron chi connectivity index (χ4n) is 1.93. The van der Waals surface area contributed by atoms with Gasteiger partial charge in [-0.05, 0) is 39.1 Å². The topological polar surface area (TPSA) is 84.7 Å². The van der Waals surface area contributed by atoms with Crippen LogP contribution in [0.25, 0.3) is 0 Å². The van der Waals surface area contributed by atoms with E-state index in [2.05, 4.69) is 9.62 Å². The first-order valence-electron chi connectivity index (χ1n) is 6.42. The zero-order chi connectivity index (χ0) is 15.3. The van der Waals surface area contributed by atoms with Crippen molar-refractivity contribution in [1.29, 1.82) is 0 Å². The van der Waals surface area contributed by atoms with Crippen molar-refractivity contribution in [2.75, 3.05) is 37.9 Å². The number of methoxy groups -OCH3 is 1. The first-order chi connectivity index (χ1) is 9.33. The van der Waals surface area contributed by atoms with Crippen LogP contribution in [0.4, 0.5) is 11.4 Å². The van der Waals surface area contributed by atoms with E-state index in [0.717, 1.165) is 5.69 Å². The van der Waals surface area contributed by atoms with E-state index in [-0.39, 0.29) is 10.9 Å². The third-order valence-electron chi connectivity index (χ3n) is 3.05. The highest BCUT2D eigenvalue weighted by Gasteiger charge is 2.17. The summed E-state index contributed by atoms with van der Waals surface area (Å²) in [7, 11) is -0.457. The van der Waals surface area contributed by atoms with E-state index in [1.165, 1.54) is 13.1 Å². The Bertz CT molecular complexity index is 544. The standard InChI is InChI=1S/C13H23N3O3S/c1-10(2)16(7-8-19-4)13-6-5-11(9-12(13)14)20(17,18)15-3/h5-6,9-10,15H,7-8,14H2,1-4H3. The molecule has 0 bridgehead atoms. The van der Waals surface area contributed by atoms with E-state index in [9.17, 15) is 8.42 Å². The molecule has 0 unspecified atom stereocenters. The SMILES string of the molecule is CNS(=O)(=O)c1ccc(N(CCOC)C(C)C)c(N)c1. The van der Waals surface area contributed by atoms with Crippen molar-refractivity contribution in [2.24, 2.45) is 0 Å². The number of benzene rings is 1. The lowest BCUT2D eigenvalue weighted by atomic mass is 10.2. The molecular weight excluding hydrogens is 278 g/mol. The summed E-state index contributed by atoms with van der Waals surface area (Å²) >= 11 is 0. The lowest BCUT2D eigenvalue weighted by molar-refractivity contribution is 0.204. The summed E-state index contributed by atoms with van der Waals surface area (Å²) in [6.07, 6.45) is 0. The average Bonchev–Trinajstić information content (AvgIpc) is 2.40. The van der Waals surface area contributed by atoms with Gasteiger partial charge in [0, 0.05) is 19.7 Å². The molecule has 1 aromatic rings. The Labute approximate surface area is 121 Å². The van der Waals surface area contributed by atoms with Crippen LogP contribution in [0, 0.1) is 0 Å². The maximum absolute atomic E-state index is 11.7. The molecular formula is C13H23N3O3S. The van der Waals surface area contributed by atoms with Crippen LogP contribution in [0.3, 0.4) is 0 Å². The van der Waals surface area contributed by atoms with Crippen LogP contribution in [0.1, 0.15) is 13.8 Å². The largest absolute Gasteiger partial charge is 0.397 e. The van der Waals surface area contributed by atoms with Gasteiger partial charge in [0.25, 0.3) is 0 Å². The monoisotopic (exact) mass is 301 g/mol. The van der Waals surface area contributed by atoms with Crippen LogP contribution in [0.2, 0.25) is 0 Å². The summed E-state index contributed by atoms with van der Waals surface area (Å²) in [6.45, 7) is 5.37. The molecule has 0 saturated carbocycles. The number of nitrogen functional groups attached to an aromatic ring is 1. The Hall–Kier alpha value is -1.31. The van der Waals surface area contributed by atoms with Crippen molar-refractivity contribution in [1.82, 2.24) is 4.72 Å². The van der Waals surface area contributed by atoms with E-state index in [1.807, 2.05) is 13.8 Å². The molecule has 0 atom stereocenters. The molecule has 0 radical (unpaired) electrons. The van der Waals surface area contributed by atoms with Gasteiger partial charge in [-0.3, -0.25) is 0 Å². The Morgan fingerprint density at radius 3 is 2.50 bits per heavy atom. The normalized spacial score (nSPS) is 11.8. The van der Waals surface area contributed by atoms with Gasteiger partial charge >= 0.3 is 0 Å². The van der Waals surface area contributed by atoms with Crippen LogP contribution in [-0.2, 0) is 14.8 Å². The molecule has 114 valence electrons. The molecule has 0 spiro atoms. The molecule has 7 heteroatoms. The number of rotatable bonds is 7. The second-order valence-electron chi connectivity index (χ2n) is 4.71. The van der Waals surface area contributed by atoms with Crippen molar-refractivity contribution >= 4 is 21.4 Å². The Morgan fingerprint density at radius 2 is 2.05 bits per heavy atom. The van der Waals surface area contributed by atoms with Gasteiger partial charge in [0.1, 0.15) is 0 Å². The van der Waals surface area contributed by atoms with Crippen LogP contribution in [0.5, 0.6) is 0 Å². The highest BCUT2D eigenvalue weighted by atomic mass is 32.2. The summed E-state index contributed by atoms with van der Waals surface area (Å²) in [6, 6.07) is 5.00. The molecule has 20 heavy (non-hydrogen) atoms. The summed E-state index contributed by atoms with van der Waals surface area (Å²) in [5.41, 5.74) is 7.26. The lowest BCUT2D eigenvalue weighted by Gasteiger charge is -2.30. The van der Waals surface area contributed by atoms with Gasteiger partial charge in [-0.2, -0.15) is 0 Å². The van der Waals surface area contributed by atoms with E-state index >= 15 is 0 Å². The molecule has 0 aromatic heterocycles. The highest BCUT2D eigenvalue weighted by Crippen LogP contribution is 2.27. The van der Waals surface area contributed by atoms with Gasteiger partial charge < -0.3 is 15.4 Å². The third-order valence-corrected chi connectivity index (χ3v) is 4.46. The van der Waals surface area contributed by atoms with Gasteiger partial charge in [0.2, 0.25) is 10.0 Å². The third kappa shape index (κ3) is 3.84. The van der Waals surface area contributed by atoms with Crippen molar-refractivity contribution in [2.45, 2.75) is 24.8 Å². The van der Waals surface area contributed by atoms with E-state index in [1.54, 1.807) is 19.2 Å². The first-order valence-corrected chi connectivity index (χ1v) is 7.90. The maximum Gasteiger partial charge on any atom is 0.240 e. The first kappa shape index (κ1) is 16.7. The van der Waals surface area contributed by atoms with Crippen molar-refractivity contribution in [3.05, 3.63) is 18.2 Å². The summed E-state index contributed by atoms with van der Waals surface area (Å²) in [4.78, 5) is 2.24. The van der Waals surface area contributed by atoms with Crippen molar-refractivity contribution in [3.63, 3.8) is 0 Å². The van der Waals surface area contributed by atoms with Crippen molar-refractivity contribution in [3.8, 4) is 0 Å². The molecule has 0 heterocycles. The summed E-state index contributed by atoms with van der Waals surface area (Å²) in [5.74, 6) is 0. The minimum absolute atomic E-state index is 0.164. The molecule has 3 N–H and O–H groups in total. The fraction of sp³-hybridized carbons (Fsp3) is 0.538. The number of nitrogens with one attached hydrogen (secondary N) is 1. The Balaban J connectivity index is 3.13. The van der Waals surface area contributed by atoms with Crippen LogP contribution >= 0.6 is 0 Å². The quantitative estimate of drug-likeness (QED) is 0.735. The Kier molecular flexibility index (Phi) is 5.79. The minimum atomic E-state index is -3.47. The van der Waals surface area contributed by atoms with Gasteiger partial charge in [-0.1, -0.05) is 0 Å². The number of hydrogen-bond acceptors (Lipinski definition) is 5. The number of anilines is 2. The van der Waals surface area contributed by atoms with E-state index in [4.69, 9.17) is 10.5 Å². The zero-order valence-electron chi connectivity index (χ0n) is 12.4. The van der Waals surface area contributed by atoms with Gasteiger partial charge in [0.15, 0.2) is 0 Å². The average molecular weight is 301 g/mol. The predicted octanol–water partition coefficient (Wildman–Crippen LogP) is 1.04. The second-order valence-corrected chi connectivity index (χ2v) is 6.59. The summed E-state index contributed by atoms with van der Waals surface area (Å²) < 4.78 is 30.8. The smallest absolute Gasteiger partial charge is 0.240 e. The highest BCUT2D eigenvalue weighted by molar-refractivity contribution is 7.89. The van der Waals surface area contributed by atoms with Gasteiger partial charge in [0.05, 0.1) is 22.9 Å². The minimum Gasteiger partial charge on any atom is -0.397 e. The zero-order valence-corrected chi connectivity index (χ0v) is 13.2. The molecule has 0 saturated heterocycles. The van der Waals surface area contributed by atoms with Crippen LogP contribution in [-0.4, -0.2) is 41.8 Å². The van der Waals surface area contributed by atoms with Crippen molar-refractivity contribution < 1.29 is 13.2 Å². The fourth-order valence-corrected chi connectivity index (χ4v) is 2.69. The number of nitrogens with two attached hydrogens (primary N) is 1. The van der Waals surface area contributed by atoms with Crippen LogP contribution < -0.4 is 15.4 Å². The molecule has 6 nitrogen and oxygen atoms in total. The number of sulfonamides is 1. The molecule has 0 aliphatic carbocycles. The second kappa shape index (κ2) is 6.92. The number of hydrogen-bond donors (Lipinski definition) is 2. The lowest BCUT2D eigenvalue weighted by Crippen LogP contribution is -2.34. The summed E-state index contributed by atoms with van der Waals surface area (Å²) in [5, 5.41) is 0. The number of nitrogens with zero attached hydrogens (tertiary/aromatic N) is 1. The van der Waals surface area contributed by atoms with E-state index < -0.39 is 10.0 Å². The van der Waals surface area contributed by atoms with E-state index in [0.29, 0.717) is 18.8 Å². The molecule has 0 amide bonds. The van der Waals surface area contributed by atoms with Gasteiger partial charge in [-0.25, -0.2) is 13.1 Å². The Morgan fingerprint density at radius 1 is 1.40 bits per heavy atom. The predicted molar refractivity (Wildman–Crippen MR) is 81.5 cm³/mol. The number of ether oxygens (including phenoxy) is 1. The van der Waals surface area contributed by atoms with Crippen LogP contribution in [0.15, 0.2) is 23.1 Å². The molecule has 1 rings (SSSR count). The molecule has 0 fully saturated rings. The molecule has 0 aliphatic heterocycles. The molecule has 0 aliphatic rings. The molecule has 1 aromatic carbocycles. The maximum atomic E-state index is 11.7.